The molecule has 0 unspecified atom stereocenters. The number of rotatable bonds is 7. The molecule has 0 aromatic heterocycles. The fourth-order valence-electron chi connectivity index (χ4n) is 3.39. The van der Waals surface area contributed by atoms with Gasteiger partial charge in [-0.05, 0) is 54.8 Å². The van der Waals surface area contributed by atoms with Crippen molar-refractivity contribution in [2.75, 3.05) is 31.1 Å². The number of anilines is 1. The van der Waals surface area contributed by atoms with Gasteiger partial charge < -0.3 is 4.90 Å². The second kappa shape index (κ2) is 8.85. The van der Waals surface area contributed by atoms with Crippen LogP contribution < -0.4 is 4.90 Å². The first-order valence-corrected chi connectivity index (χ1v) is 11.0. The lowest BCUT2D eigenvalue weighted by molar-refractivity contribution is 0.385. The fraction of sp³-hybridized carbons (Fsp3) is 0.429. The number of nitrogens with zero attached hydrogens (tertiary/aromatic N) is 2. The first kappa shape index (κ1) is 19.8. The number of piperazine rings is 1. The second-order valence-electron chi connectivity index (χ2n) is 6.97. The summed E-state index contributed by atoms with van der Waals surface area (Å²) < 4.78 is 40.4. The first-order chi connectivity index (χ1) is 13.0. The van der Waals surface area contributed by atoms with Crippen molar-refractivity contribution in [3.05, 3.63) is 59.9 Å². The zero-order chi connectivity index (χ0) is 19.3. The first-order valence-electron chi connectivity index (χ1n) is 9.60. The zero-order valence-electron chi connectivity index (χ0n) is 15.8. The molecule has 1 heterocycles. The SMILES string of the molecule is CCCCCc1ccc(S(=O)(=O)N2CCN(c3ccc(F)cc3)CC2)cc1. The predicted octanol–water partition coefficient (Wildman–Crippen LogP) is 4.07. The van der Waals surface area contributed by atoms with Crippen molar-refractivity contribution in [3.8, 4) is 0 Å². The Balaban J connectivity index is 1.61. The standard InChI is InChI=1S/C21H27FN2O2S/c1-2-3-4-5-18-6-12-21(13-7-18)27(25,26)24-16-14-23(15-17-24)20-10-8-19(22)9-11-20/h6-13H,2-5,14-17H2,1H3. The van der Waals surface area contributed by atoms with Crippen molar-refractivity contribution in [2.45, 2.75) is 37.5 Å². The number of aryl methyl sites for hydroxylation is 1. The van der Waals surface area contributed by atoms with E-state index in [4.69, 9.17) is 0 Å². The third kappa shape index (κ3) is 4.87. The average Bonchev–Trinajstić information content (AvgIpc) is 2.69. The molecular weight excluding hydrogens is 363 g/mol. The van der Waals surface area contributed by atoms with Gasteiger partial charge in [0, 0.05) is 31.9 Å². The highest BCUT2D eigenvalue weighted by atomic mass is 32.2. The second-order valence-corrected chi connectivity index (χ2v) is 8.91. The summed E-state index contributed by atoms with van der Waals surface area (Å²) in [6.45, 7) is 4.22. The van der Waals surface area contributed by atoms with Gasteiger partial charge in [0.1, 0.15) is 5.82 Å². The highest BCUT2D eigenvalue weighted by Crippen LogP contribution is 2.22. The van der Waals surface area contributed by atoms with Gasteiger partial charge >= 0.3 is 0 Å². The van der Waals surface area contributed by atoms with Crippen molar-refractivity contribution >= 4 is 15.7 Å². The zero-order valence-corrected chi connectivity index (χ0v) is 16.6. The van der Waals surface area contributed by atoms with Gasteiger partial charge in [0.25, 0.3) is 0 Å². The van der Waals surface area contributed by atoms with Crippen LogP contribution in [0.3, 0.4) is 0 Å². The molecule has 3 rings (SSSR count). The lowest BCUT2D eigenvalue weighted by atomic mass is 10.1. The maximum Gasteiger partial charge on any atom is 0.243 e. The highest BCUT2D eigenvalue weighted by Gasteiger charge is 2.28. The van der Waals surface area contributed by atoms with Gasteiger partial charge in [0.05, 0.1) is 4.90 Å². The minimum atomic E-state index is -3.47. The number of halogens is 1. The molecule has 0 spiro atoms. The molecule has 146 valence electrons. The van der Waals surface area contributed by atoms with Crippen molar-refractivity contribution in [3.63, 3.8) is 0 Å². The largest absolute Gasteiger partial charge is 0.369 e. The van der Waals surface area contributed by atoms with E-state index in [-0.39, 0.29) is 5.82 Å². The molecule has 0 amide bonds. The summed E-state index contributed by atoms with van der Waals surface area (Å²) in [5.74, 6) is -0.266. The van der Waals surface area contributed by atoms with Crippen LogP contribution in [0.2, 0.25) is 0 Å². The van der Waals surface area contributed by atoms with Crippen molar-refractivity contribution in [1.29, 1.82) is 0 Å². The van der Waals surface area contributed by atoms with Gasteiger partial charge in [-0.1, -0.05) is 31.9 Å². The summed E-state index contributed by atoms with van der Waals surface area (Å²) in [4.78, 5) is 2.44. The Labute approximate surface area is 161 Å². The Morgan fingerprint density at radius 2 is 1.52 bits per heavy atom. The van der Waals surface area contributed by atoms with E-state index < -0.39 is 10.0 Å². The maximum atomic E-state index is 13.1. The van der Waals surface area contributed by atoms with Crippen molar-refractivity contribution in [2.24, 2.45) is 0 Å². The molecule has 2 aromatic rings. The van der Waals surface area contributed by atoms with Gasteiger partial charge in [0.15, 0.2) is 0 Å². The molecule has 0 saturated carbocycles. The Morgan fingerprint density at radius 3 is 2.11 bits per heavy atom. The van der Waals surface area contributed by atoms with Crippen molar-refractivity contribution in [1.82, 2.24) is 4.31 Å². The topological polar surface area (TPSA) is 40.6 Å². The Kier molecular flexibility index (Phi) is 6.50. The van der Waals surface area contributed by atoms with E-state index >= 15 is 0 Å². The van der Waals surface area contributed by atoms with E-state index in [1.807, 2.05) is 12.1 Å². The highest BCUT2D eigenvalue weighted by molar-refractivity contribution is 7.89. The van der Waals surface area contributed by atoms with Gasteiger partial charge in [-0.15, -0.1) is 0 Å². The Morgan fingerprint density at radius 1 is 0.889 bits per heavy atom. The van der Waals surface area contributed by atoms with E-state index in [0.29, 0.717) is 31.1 Å². The third-order valence-electron chi connectivity index (χ3n) is 5.06. The van der Waals surface area contributed by atoms with Crippen LogP contribution in [-0.4, -0.2) is 38.9 Å². The molecule has 0 aliphatic carbocycles. The van der Waals surface area contributed by atoms with Crippen molar-refractivity contribution < 1.29 is 12.8 Å². The van der Waals surface area contributed by atoms with Gasteiger partial charge in [-0.25, -0.2) is 12.8 Å². The monoisotopic (exact) mass is 390 g/mol. The molecule has 1 aliphatic heterocycles. The number of hydrogen-bond acceptors (Lipinski definition) is 3. The molecule has 1 saturated heterocycles. The van der Waals surface area contributed by atoms with Gasteiger partial charge in [-0.3, -0.25) is 0 Å². The smallest absolute Gasteiger partial charge is 0.243 e. The minimum absolute atomic E-state index is 0.266. The quantitative estimate of drug-likeness (QED) is 0.669. The summed E-state index contributed by atoms with van der Waals surface area (Å²) in [5.41, 5.74) is 2.11. The van der Waals surface area contributed by atoms with Gasteiger partial charge in [-0.2, -0.15) is 4.31 Å². The molecule has 0 bridgehead atoms. The van der Waals surface area contributed by atoms with E-state index in [0.717, 1.165) is 18.5 Å². The molecule has 0 N–H and O–H groups in total. The van der Waals surface area contributed by atoms with Crippen LogP contribution in [0, 0.1) is 5.82 Å². The van der Waals surface area contributed by atoms with Crippen LogP contribution in [0.5, 0.6) is 0 Å². The van der Waals surface area contributed by atoms with E-state index in [2.05, 4.69) is 11.8 Å². The molecular formula is C21H27FN2O2S. The lowest BCUT2D eigenvalue weighted by Gasteiger charge is -2.35. The average molecular weight is 391 g/mol. The maximum absolute atomic E-state index is 13.1. The summed E-state index contributed by atoms with van der Waals surface area (Å²) in [7, 11) is -3.47. The number of benzene rings is 2. The molecule has 0 radical (unpaired) electrons. The van der Waals surface area contributed by atoms with Gasteiger partial charge in [0.2, 0.25) is 10.0 Å². The van der Waals surface area contributed by atoms with E-state index in [9.17, 15) is 12.8 Å². The van der Waals surface area contributed by atoms with Crippen LogP contribution in [0.15, 0.2) is 53.4 Å². The van der Waals surface area contributed by atoms with Crippen LogP contribution in [-0.2, 0) is 16.4 Å². The Hall–Kier alpha value is -1.92. The summed E-state index contributed by atoms with van der Waals surface area (Å²) in [6, 6.07) is 13.6. The van der Waals surface area contributed by atoms with E-state index in [1.165, 1.54) is 30.5 Å². The van der Waals surface area contributed by atoms with Crippen LogP contribution >= 0.6 is 0 Å². The minimum Gasteiger partial charge on any atom is -0.369 e. The molecule has 0 atom stereocenters. The lowest BCUT2D eigenvalue weighted by Crippen LogP contribution is -2.48. The summed E-state index contributed by atoms with van der Waals surface area (Å²) in [6.07, 6.45) is 4.49. The molecule has 6 heteroatoms. The van der Waals surface area contributed by atoms with Crippen LogP contribution in [0.1, 0.15) is 31.7 Å². The third-order valence-corrected chi connectivity index (χ3v) is 6.97. The molecule has 2 aromatic carbocycles. The molecule has 1 fully saturated rings. The predicted molar refractivity (Wildman–Crippen MR) is 107 cm³/mol. The number of sulfonamides is 1. The fourth-order valence-corrected chi connectivity index (χ4v) is 4.82. The van der Waals surface area contributed by atoms with Crippen LogP contribution in [0.25, 0.3) is 0 Å². The molecule has 1 aliphatic rings. The summed E-state index contributed by atoms with van der Waals surface area (Å²) >= 11 is 0. The number of unbranched alkanes of at least 4 members (excludes halogenated alkanes) is 2. The molecule has 27 heavy (non-hydrogen) atoms. The molecule has 4 nitrogen and oxygen atoms in total. The Bertz CT molecular complexity index is 827. The van der Waals surface area contributed by atoms with Crippen LogP contribution in [0.4, 0.5) is 10.1 Å². The summed E-state index contributed by atoms with van der Waals surface area (Å²) in [5, 5.41) is 0. The number of hydrogen-bond donors (Lipinski definition) is 0. The normalized spacial score (nSPS) is 15.9. The van der Waals surface area contributed by atoms with E-state index in [1.54, 1.807) is 28.6 Å².